The van der Waals surface area contributed by atoms with Gasteiger partial charge in [0.25, 0.3) is 0 Å². The van der Waals surface area contributed by atoms with Crippen molar-refractivity contribution in [3.8, 4) is 0 Å². The molecule has 1 fully saturated rings. The van der Waals surface area contributed by atoms with Gasteiger partial charge in [-0.25, -0.2) is 0 Å². The number of nitrogens with one attached hydrogen (secondary N) is 2. The van der Waals surface area contributed by atoms with Crippen molar-refractivity contribution in [2.75, 3.05) is 26.2 Å². The number of rotatable bonds is 6. The molecule has 6 heteroatoms. The summed E-state index contributed by atoms with van der Waals surface area (Å²) in [5, 5.41) is 17.3. The minimum absolute atomic E-state index is 0. The van der Waals surface area contributed by atoms with Gasteiger partial charge in [0, 0.05) is 31.7 Å². The molecule has 1 aliphatic rings. The zero-order chi connectivity index (χ0) is 18.4. The van der Waals surface area contributed by atoms with Crippen molar-refractivity contribution in [3.05, 3.63) is 35.4 Å². The molecule has 0 radical (unpaired) electrons. The number of aliphatic imine (C=N–C) groups is 1. The van der Waals surface area contributed by atoms with Crippen molar-refractivity contribution in [1.29, 1.82) is 0 Å². The lowest BCUT2D eigenvalue weighted by Gasteiger charge is -2.22. The number of halogens is 1. The van der Waals surface area contributed by atoms with Crippen LogP contribution in [0.2, 0.25) is 0 Å². The van der Waals surface area contributed by atoms with Crippen molar-refractivity contribution in [3.63, 3.8) is 0 Å². The summed E-state index contributed by atoms with van der Waals surface area (Å²) in [5.74, 6) is 1.37. The van der Waals surface area contributed by atoms with Crippen molar-refractivity contribution in [2.45, 2.75) is 52.8 Å². The van der Waals surface area contributed by atoms with Gasteiger partial charge in [0.1, 0.15) is 0 Å². The van der Waals surface area contributed by atoms with Crippen LogP contribution in [-0.4, -0.2) is 54.2 Å². The Bertz CT molecular complexity index is 579. The van der Waals surface area contributed by atoms with Crippen molar-refractivity contribution in [2.24, 2.45) is 10.9 Å². The molecule has 0 spiro atoms. The SMILES string of the molecule is CCNC(=NCC(O)c1cccc(C)c1)NC1CN(C(C)C)CC1C.I. The molecule has 26 heavy (non-hydrogen) atoms. The maximum Gasteiger partial charge on any atom is 0.191 e. The van der Waals surface area contributed by atoms with E-state index in [2.05, 4.69) is 48.2 Å². The third-order valence-electron chi connectivity index (χ3n) is 4.89. The Hall–Kier alpha value is -0.860. The van der Waals surface area contributed by atoms with Gasteiger partial charge in [0.05, 0.1) is 12.6 Å². The maximum atomic E-state index is 10.4. The second kappa shape index (κ2) is 11.1. The van der Waals surface area contributed by atoms with Crippen molar-refractivity contribution < 1.29 is 5.11 Å². The minimum Gasteiger partial charge on any atom is -0.386 e. The van der Waals surface area contributed by atoms with Crippen LogP contribution in [0.4, 0.5) is 0 Å². The molecular weight excluding hydrogens is 439 g/mol. The van der Waals surface area contributed by atoms with Gasteiger partial charge in [-0.2, -0.15) is 0 Å². The number of hydrogen-bond acceptors (Lipinski definition) is 3. The van der Waals surface area contributed by atoms with Gasteiger partial charge in [0.2, 0.25) is 0 Å². The Morgan fingerprint density at radius 3 is 2.65 bits per heavy atom. The Kier molecular flexibility index (Phi) is 9.89. The Balaban J connectivity index is 0.00000338. The van der Waals surface area contributed by atoms with E-state index >= 15 is 0 Å². The predicted molar refractivity (Wildman–Crippen MR) is 120 cm³/mol. The third-order valence-corrected chi connectivity index (χ3v) is 4.89. The van der Waals surface area contributed by atoms with Gasteiger partial charge in [-0.3, -0.25) is 9.89 Å². The Morgan fingerprint density at radius 1 is 1.35 bits per heavy atom. The summed E-state index contributed by atoms with van der Waals surface area (Å²) >= 11 is 0. The number of aliphatic hydroxyl groups excluding tert-OH is 1. The standard InChI is InChI=1S/C20H34N4O.HI/c1-6-21-20(23-18-13-24(14(2)3)12-16(18)5)22-11-19(25)17-9-7-8-15(4)10-17;/h7-10,14,16,18-19,25H,6,11-13H2,1-5H3,(H2,21,22,23);1H. The molecule has 3 unspecified atom stereocenters. The van der Waals surface area contributed by atoms with E-state index in [-0.39, 0.29) is 24.0 Å². The van der Waals surface area contributed by atoms with E-state index in [1.165, 1.54) is 0 Å². The lowest BCUT2D eigenvalue weighted by molar-refractivity contribution is 0.187. The highest BCUT2D eigenvalue weighted by Crippen LogP contribution is 2.19. The van der Waals surface area contributed by atoms with E-state index in [0.717, 1.165) is 36.7 Å². The number of guanidine groups is 1. The zero-order valence-corrected chi connectivity index (χ0v) is 19.0. The molecule has 0 amide bonds. The molecule has 1 aromatic rings. The minimum atomic E-state index is -0.580. The first-order chi connectivity index (χ1) is 11.9. The zero-order valence-electron chi connectivity index (χ0n) is 16.7. The van der Waals surface area contributed by atoms with E-state index in [9.17, 15) is 5.11 Å². The summed E-state index contributed by atoms with van der Waals surface area (Å²) in [7, 11) is 0. The summed E-state index contributed by atoms with van der Waals surface area (Å²) in [6, 6.07) is 8.93. The summed E-state index contributed by atoms with van der Waals surface area (Å²) in [6.45, 7) is 14.2. The maximum absolute atomic E-state index is 10.4. The van der Waals surface area contributed by atoms with E-state index in [4.69, 9.17) is 0 Å². The molecule has 3 atom stereocenters. The summed E-state index contributed by atoms with van der Waals surface area (Å²) in [6.07, 6.45) is -0.580. The molecular formula is C20H35IN4O. The van der Waals surface area contributed by atoms with Crippen molar-refractivity contribution in [1.82, 2.24) is 15.5 Å². The van der Waals surface area contributed by atoms with E-state index in [0.29, 0.717) is 24.5 Å². The van der Waals surface area contributed by atoms with Gasteiger partial charge >= 0.3 is 0 Å². The third kappa shape index (κ3) is 6.70. The fraction of sp³-hybridized carbons (Fsp3) is 0.650. The van der Waals surface area contributed by atoms with Crippen LogP contribution >= 0.6 is 24.0 Å². The Labute approximate surface area is 175 Å². The van der Waals surface area contributed by atoms with Crippen LogP contribution < -0.4 is 10.6 Å². The first kappa shape index (κ1) is 23.2. The van der Waals surface area contributed by atoms with Crippen molar-refractivity contribution >= 4 is 29.9 Å². The fourth-order valence-electron chi connectivity index (χ4n) is 3.27. The topological polar surface area (TPSA) is 59.9 Å². The lowest BCUT2D eigenvalue weighted by Crippen LogP contribution is -2.47. The molecule has 1 aliphatic heterocycles. The number of nitrogens with zero attached hydrogens (tertiary/aromatic N) is 2. The molecule has 0 aliphatic carbocycles. The van der Waals surface area contributed by atoms with E-state index in [1.54, 1.807) is 0 Å². The highest BCUT2D eigenvalue weighted by Gasteiger charge is 2.31. The van der Waals surface area contributed by atoms with Crippen LogP contribution in [0.15, 0.2) is 29.3 Å². The summed E-state index contributed by atoms with van der Waals surface area (Å²) in [4.78, 5) is 7.11. The average Bonchev–Trinajstić information content (AvgIpc) is 2.93. The van der Waals surface area contributed by atoms with E-state index in [1.807, 2.05) is 31.2 Å². The lowest BCUT2D eigenvalue weighted by atomic mass is 10.1. The van der Waals surface area contributed by atoms with Gasteiger partial charge in [-0.1, -0.05) is 36.8 Å². The van der Waals surface area contributed by atoms with Crippen LogP contribution in [0.1, 0.15) is 44.9 Å². The van der Waals surface area contributed by atoms with Gasteiger partial charge < -0.3 is 15.7 Å². The number of benzene rings is 1. The fourth-order valence-corrected chi connectivity index (χ4v) is 3.27. The molecule has 0 saturated carbocycles. The normalized spacial score (nSPS) is 22.2. The molecule has 1 aromatic carbocycles. The number of aryl methyl sites for hydroxylation is 1. The molecule has 0 bridgehead atoms. The quantitative estimate of drug-likeness (QED) is 0.337. The monoisotopic (exact) mass is 474 g/mol. The summed E-state index contributed by atoms with van der Waals surface area (Å²) < 4.78 is 0. The first-order valence-corrected chi connectivity index (χ1v) is 9.44. The second-order valence-corrected chi connectivity index (χ2v) is 7.43. The molecule has 1 saturated heterocycles. The highest BCUT2D eigenvalue weighted by atomic mass is 127. The average molecular weight is 474 g/mol. The van der Waals surface area contributed by atoms with Gasteiger partial charge in [-0.15, -0.1) is 24.0 Å². The predicted octanol–water partition coefficient (Wildman–Crippen LogP) is 2.93. The van der Waals surface area contributed by atoms with E-state index < -0.39 is 6.10 Å². The molecule has 5 nitrogen and oxygen atoms in total. The number of aliphatic hydroxyl groups is 1. The number of likely N-dealkylation sites (tertiary alicyclic amines) is 1. The smallest absolute Gasteiger partial charge is 0.191 e. The molecule has 148 valence electrons. The molecule has 3 N–H and O–H groups in total. The van der Waals surface area contributed by atoms with Crippen LogP contribution in [0.3, 0.4) is 0 Å². The Morgan fingerprint density at radius 2 is 2.08 bits per heavy atom. The van der Waals surface area contributed by atoms with Crippen LogP contribution in [-0.2, 0) is 0 Å². The van der Waals surface area contributed by atoms with Crippen LogP contribution in [0, 0.1) is 12.8 Å². The molecule has 0 aromatic heterocycles. The van der Waals surface area contributed by atoms with Gasteiger partial charge in [-0.05, 0) is 39.2 Å². The first-order valence-electron chi connectivity index (χ1n) is 9.44. The van der Waals surface area contributed by atoms with Crippen LogP contribution in [0.5, 0.6) is 0 Å². The molecule has 2 rings (SSSR count). The highest BCUT2D eigenvalue weighted by molar-refractivity contribution is 14.0. The largest absolute Gasteiger partial charge is 0.386 e. The van der Waals surface area contributed by atoms with Gasteiger partial charge in [0.15, 0.2) is 5.96 Å². The number of hydrogen-bond donors (Lipinski definition) is 3. The summed E-state index contributed by atoms with van der Waals surface area (Å²) in [5.41, 5.74) is 2.07. The molecule has 1 heterocycles. The van der Waals surface area contributed by atoms with Crippen LogP contribution in [0.25, 0.3) is 0 Å². The second-order valence-electron chi connectivity index (χ2n) is 7.43.